The maximum atomic E-state index is 12.0. The molecule has 1 heterocycles. The summed E-state index contributed by atoms with van der Waals surface area (Å²) in [6.07, 6.45) is 36.4. The van der Waals surface area contributed by atoms with Gasteiger partial charge in [0.1, 0.15) is 0 Å². The van der Waals surface area contributed by atoms with E-state index in [0.29, 0.717) is 0 Å². The summed E-state index contributed by atoms with van der Waals surface area (Å²) >= 11 is 0. The molecule has 2 aromatic rings. The maximum absolute atomic E-state index is 12.0. The number of hydrogen-bond acceptors (Lipinski definition) is 0. The Kier molecular flexibility index (Phi) is 25.2. The van der Waals surface area contributed by atoms with Crippen LogP contribution in [0.3, 0.4) is 0 Å². The maximum Gasteiger partial charge on any atom is 0.211 e. The molecule has 1 aliphatic rings. The second-order valence-electron chi connectivity index (χ2n) is 15.4. The molecule has 0 saturated heterocycles. The number of hydrogen-bond donors (Lipinski definition) is 0. The first-order chi connectivity index (χ1) is 24.6. The van der Waals surface area contributed by atoms with E-state index in [-0.39, 0.29) is 19.3 Å². The van der Waals surface area contributed by atoms with Gasteiger partial charge in [-0.2, -0.15) is 0 Å². The Hall–Kier alpha value is -1.99. The first-order valence-electron chi connectivity index (χ1n) is 21.8. The van der Waals surface area contributed by atoms with E-state index in [0.717, 1.165) is 55.5 Å². The minimum Gasteiger partial charge on any atom is -1.00 e. The fourth-order valence-electron chi connectivity index (χ4n) is 7.85. The predicted octanol–water partition coefficient (Wildman–Crippen LogP) is 16.4. The van der Waals surface area contributed by atoms with Crippen LogP contribution < -0.4 is 0 Å². The van der Waals surface area contributed by atoms with Gasteiger partial charge in [-0.1, -0.05) is 180 Å². The van der Waals surface area contributed by atoms with Crippen molar-refractivity contribution in [3.63, 3.8) is 0 Å². The zero-order valence-corrected chi connectivity index (χ0v) is 34.6. The van der Waals surface area contributed by atoms with Gasteiger partial charge in [0.15, 0.2) is 0 Å². The molecule has 0 bridgehead atoms. The van der Waals surface area contributed by atoms with Crippen molar-refractivity contribution < 1.29 is 24.0 Å². The molecular formula is C48H78N2Ni-2. The summed E-state index contributed by atoms with van der Waals surface area (Å²) in [6, 6.07) is 18.2. The fraction of sp³-hybridized carbons (Fsp3) is 0.667. The molecule has 3 rings (SSSR count). The molecule has 292 valence electrons. The zero-order valence-electron chi connectivity index (χ0n) is 35.6. The summed E-state index contributed by atoms with van der Waals surface area (Å²) in [5, 5.41) is 0. The molecule has 3 heteroatoms. The number of aryl methyl sites for hydroxylation is 2. The summed E-state index contributed by atoms with van der Waals surface area (Å²) in [4.78, 5) is 0. The topological polar surface area (TPSA) is 25.3 Å². The summed E-state index contributed by atoms with van der Waals surface area (Å²) in [5.41, 5.74) is 22.0. The minimum atomic E-state index is 0. The Bertz CT molecular complexity index is 1280. The molecule has 2 aromatic carbocycles. The summed E-state index contributed by atoms with van der Waals surface area (Å²) in [6.45, 7) is 9.14. The van der Waals surface area contributed by atoms with E-state index in [9.17, 15) is 5.53 Å². The van der Waals surface area contributed by atoms with Crippen molar-refractivity contribution in [2.24, 2.45) is 0 Å². The van der Waals surface area contributed by atoms with E-state index < -0.39 is 0 Å². The van der Waals surface area contributed by atoms with Gasteiger partial charge < -0.3 is 8.38 Å². The Morgan fingerprint density at radius 1 is 0.412 bits per heavy atom. The van der Waals surface area contributed by atoms with Crippen LogP contribution in [0.15, 0.2) is 59.7 Å². The second kappa shape index (κ2) is 28.5. The van der Waals surface area contributed by atoms with Crippen molar-refractivity contribution in [2.75, 3.05) is 0 Å². The zero-order chi connectivity index (χ0) is 35.7. The summed E-state index contributed by atoms with van der Waals surface area (Å²) in [5.74, 6) is 0. The predicted molar refractivity (Wildman–Crippen MR) is 223 cm³/mol. The normalized spacial score (nSPS) is 13.1. The molecule has 0 fully saturated rings. The van der Waals surface area contributed by atoms with Gasteiger partial charge in [-0.25, -0.2) is 4.70 Å². The van der Waals surface area contributed by atoms with Crippen LogP contribution in [0.25, 0.3) is 16.9 Å². The van der Waals surface area contributed by atoms with Crippen molar-refractivity contribution >= 4 is 11.4 Å². The molecule has 51 heavy (non-hydrogen) atoms. The van der Waals surface area contributed by atoms with Crippen LogP contribution in [0.5, 0.6) is 0 Å². The first-order valence-corrected chi connectivity index (χ1v) is 21.8. The number of unbranched alkanes of at least 4 members (excludes halogenated alkanes) is 20. The quantitative estimate of drug-likeness (QED) is 0.0433. The van der Waals surface area contributed by atoms with Gasteiger partial charge >= 0.3 is 0 Å². The van der Waals surface area contributed by atoms with Gasteiger partial charge in [0.25, 0.3) is 0 Å². The van der Waals surface area contributed by atoms with Crippen LogP contribution in [-0.2, 0) is 29.3 Å². The number of benzene rings is 2. The monoisotopic (exact) mass is 741 g/mol. The van der Waals surface area contributed by atoms with Gasteiger partial charge in [0.05, 0.1) is 0 Å². The average molecular weight is 742 g/mol. The van der Waals surface area contributed by atoms with E-state index in [1.807, 2.05) is 0 Å². The number of nitrogens with zero attached hydrogens (tertiary/aromatic N) is 2. The molecule has 0 unspecified atom stereocenters. The van der Waals surface area contributed by atoms with Crippen molar-refractivity contribution in [1.29, 1.82) is 0 Å². The van der Waals surface area contributed by atoms with Crippen molar-refractivity contribution in [1.82, 2.24) is 0 Å². The second-order valence-corrected chi connectivity index (χ2v) is 15.4. The molecular weight excluding hydrogens is 663 g/mol. The van der Waals surface area contributed by atoms with E-state index in [1.165, 1.54) is 169 Å². The fourth-order valence-corrected chi connectivity index (χ4v) is 7.85. The number of allylic oxidation sites excluding steroid dienone is 2. The number of rotatable bonds is 30. The smallest absolute Gasteiger partial charge is 0.211 e. The van der Waals surface area contributed by atoms with Gasteiger partial charge in [-0.3, -0.25) is 0 Å². The third-order valence-electron chi connectivity index (χ3n) is 11.0. The Balaban J connectivity index is 0.00000901. The van der Waals surface area contributed by atoms with Crippen LogP contribution in [0, 0.1) is 0 Å². The van der Waals surface area contributed by atoms with Crippen LogP contribution >= 0.6 is 0 Å². The molecule has 2 nitrogen and oxygen atoms in total. The van der Waals surface area contributed by atoms with E-state index in [1.54, 1.807) is 4.70 Å². The average Bonchev–Trinajstić information content (AvgIpc) is 3.41. The van der Waals surface area contributed by atoms with Gasteiger partial charge in [0.2, 0.25) is 11.4 Å². The molecule has 0 N–H and O–H groups in total. The van der Waals surface area contributed by atoms with Gasteiger partial charge in [-0.05, 0) is 86.8 Å². The van der Waals surface area contributed by atoms with Gasteiger partial charge in [0, 0.05) is 38.8 Å². The molecule has 0 radical (unpaired) electrons. The Morgan fingerprint density at radius 2 is 0.804 bits per heavy atom. The molecule has 0 amide bonds. The summed E-state index contributed by atoms with van der Waals surface area (Å²) in [7, 11) is 0. The van der Waals surface area contributed by atoms with Crippen molar-refractivity contribution in [3.8, 4) is 0 Å². The molecule has 0 spiro atoms. The van der Waals surface area contributed by atoms with Crippen molar-refractivity contribution in [2.45, 2.75) is 207 Å². The van der Waals surface area contributed by atoms with E-state index >= 15 is 0 Å². The van der Waals surface area contributed by atoms with Crippen LogP contribution in [0.1, 0.15) is 220 Å². The van der Waals surface area contributed by atoms with Crippen LogP contribution in [-0.4, -0.2) is 4.70 Å². The van der Waals surface area contributed by atoms with Crippen LogP contribution in [0.4, 0.5) is 0 Å². The van der Waals surface area contributed by atoms with Crippen molar-refractivity contribution in [3.05, 3.63) is 87.5 Å². The third kappa shape index (κ3) is 16.7. The molecule has 0 atom stereocenters. The largest absolute Gasteiger partial charge is 1.00 e. The SMILES string of the molecule is CCCCCCCCCCCCCCCCCc1ccc(C2=C(CCCC)C(CCCCCC)=C(c3cccc(CCCCC)c3)[N+]2=[N-])cc1.[H-].[H-].[Ni]. The molecule has 0 aromatic heterocycles. The minimum absolute atomic E-state index is 0. The molecule has 0 aliphatic carbocycles. The molecule has 0 saturated carbocycles. The Labute approximate surface area is 329 Å². The summed E-state index contributed by atoms with van der Waals surface area (Å²) < 4.78 is 1.58. The molecule has 1 aliphatic heterocycles. The van der Waals surface area contributed by atoms with E-state index in [4.69, 9.17) is 0 Å². The Morgan fingerprint density at radius 3 is 1.35 bits per heavy atom. The first kappa shape index (κ1) is 45.2. The van der Waals surface area contributed by atoms with E-state index in [2.05, 4.69) is 76.2 Å². The standard InChI is InChI=1S/C48H76N2.Ni.2H/c1-5-9-13-15-16-17-18-19-20-21-22-23-24-25-27-30-41-36-38-43(39-37-41)47-45(34-12-8-4)46(35-28-14-10-6-2)48(50(47)49)44-33-29-32-42(40-44)31-26-11-7-3;;;/h29,32-33,36-40H,5-28,30-31,34-35H2,1-4H3;;;/q;;2*-1. The third-order valence-corrected chi connectivity index (χ3v) is 11.0. The van der Waals surface area contributed by atoms with Gasteiger partial charge in [-0.15, -0.1) is 0 Å². The van der Waals surface area contributed by atoms with Crippen LogP contribution in [0.2, 0.25) is 0 Å².